The molecule has 3 aliphatic rings. The van der Waals surface area contributed by atoms with E-state index in [0.717, 1.165) is 39.0 Å². The van der Waals surface area contributed by atoms with Crippen molar-refractivity contribution >= 4 is 6.09 Å². The summed E-state index contributed by atoms with van der Waals surface area (Å²) in [5.41, 5.74) is 6.10. The molecule has 6 nitrogen and oxygen atoms in total. The molecule has 0 radical (unpaired) electrons. The summed E-state index contributed by atoms with van der Waals surface area (Å²) in [4.78, 5) is 16.9. The molecule has 1 saturated carbocycles. The van der Waals surface area contributed by atoms with Gasteiger partial charge in [0.25, 0.3) is 0 Å². The number of amides is 1. The van der Waals surface area contributed by atoms with Crippen LogP contribution in [-0.2, 0) is 4.74 Å². The smallest absolute Gasteiger partial charge is 0.410 e. The molecule has 0 aromatic rings. The van der Waals surface area contributed by atoms with Crippen molar-refractivity contribution in [2.75, 3.05) is 26.2 Å². The minimum absolute atomic E-state index is 0.165. The molecular weight excluding hydrogens is 352 g/mol. The zero-order valence-corrected chi connectivity index (χ0v) is 18.5. The number of nitrogens with zero attached hydrogens (tertiary/aromatic N) is 2. The van der Waals surface area contributed by atoms with E-state index < -0.39 is 5.60 Å². The quantitative estimate of drug-likeness (QED) is 0.770. The maximum absolute atomic E-state index is 12.3. The standard InChI is InChI=1S/C22H42N4O2/c1-21(2,3)28-20(27)25-15-11-22(4,12-16-25)26-13-9-17(10-14-26)24-19-8-6-5-7-18(19)23/h17-19,24H,5-16,23H2,1-4H3. The molecule has 2 aliphatic heterocycles. The molecule has 0 aromatic heterocycles. The lowest BCUT2D eigenvalue weighted by Crippen LogP contribution is -2.59. The van der Waals surface area contributed by atoms with E-state index in [2.05, 4.69) is 17.1 Å². The third-order valence-electron chi connectivity index (χ3n) is 7.02. The number of rotatable bonds is 3. The number of carbonyl (C=O) groups excluding carboxylic acids is 1. The van der Waals surface area contributed by atoms with Gasteiger partial charge in [-0.25, -0.2) is 4.79 Å². The molecule has 3 fully saturated rings. The average Bonchev–Trinajstić information content (AvgIpc) is 2.63. The maximum Gasteiger partial charge on any atom is 0.410 e. The molecule has 162 valence electrons. The van der Waals surface area contributed by atoms with E-state index in [1.54, 1.807) is 0 Å². The Morgan fingerprint density at radius 3 is 2.21 bits per heavy atom. The summed E-state index contributed by atoms with van der Waals surface area (Å²) >= 11 is 0. The van der Waals surface area contributed by atoms with Crippen LogP contribution in [-0.4, -0.2) is 71.3 Å². The Kier molecular flexibility index (Phi) is 6.93. The van der Waals surface area contributed by atoms with Crippen LogP contribution in [0.5, 0.6) is 0 Å². The van der Waals surface area contributed by atoms with Crippen LogP contribution in [0.2, 0.25) is 0 Å². The van der Waals surface area contributed by atoms with Gasteiger partial charge in [-0.1, -0.05) is 12.8 Å². The molecule has 0 aromatic carbocycles. The lowest BCUT2D eigenvalue weighted by Gasteiger charge is -2.49. The molecule has 28 heavy (non-hydrogen) atoms. The van der Waals surface area contributed by atoms with Gasteiger partial charge in [-0.15, -0.1) is 0 Å². The van der Waals surface area contributed by atoms with E-state index in [1.165, 1.54) is 38.5 Å². The van der Waals surface area contributed by atoms with Gasteiger partial charge in [-0.2, -0.15) is 0 Å². The number of carbonyl (C=O) groups is 1. The Morgan fingerprint density at radius 1 is 1.04 bits per heavy atom. The number of piperidine rings is 2. The molecule has 2 heterocycles. The van der Waals surface area contributed by atoms with Crippen molar-refractivity contribution in [2.24, 2.45) is 5.73 Å². The summed E-state index contributed by atoms with van der Waals surface area (Å²) in [6.07, 6.45) is 9.30. The van der Waals surface area contributed by atoms with Gasteiger partial charge in [0.1, 0.15) is 5.60 Å². The molecule has 2 saturated heterocycles. The Balaban J connectivity index is 1.43. The molecule has 0 spiro atoms. The van der Waals surface area contributed by atoms with E-state index in [4.69, 9.17) is 10.5 Å². The highest BCUT2D eigenvalue weighted by Crippen LogP contribution is 2.32. The minimum Gasteiger partial charge on any atom is -0.444 e. The summed E-state index contributed by atoms with van der Waals surface area (Å²) in [6, 6.07) is 1.45. The van der Waals surface area contributed by atoms with Gasteiger partial charge in [-0.3, -0.25) is 4.90 Å². The molecule has 2 atom stereocenters. The highest BCUT2D eigenvalue weighted by molar-refractivity contribution is 5.68. The van der Waals surface area contributed by atoms with Crippen molar-refractivity contribution in [3.8, 4) is 0 Å². The topological polar surface area (TPSA) is 70.8 Å². The second-order valence-corrected chi connectivity index (χ2v) is 10.4. The van der Waals surface area contributed by atoms with Crippen LogP contribution >= 0.6 is 0 Å². The van der Waals surface area contributed by atoms with E-state index in [0.29, 0.717) is 18.1 Å². The van der Waals surface area contributed by atoms with Crippen molar-refractivity contribution in [1.82, 2.24) is 15.1 Å². The van der Waals surface area contributed by atoms with Crippen LogP contribution in [0.1, 0.15) is 79.1 Å². The second kappa shape index (κ2) is 8.88. The number of likely N-dealkylation sites (tertiary alicyclic amines) is 2. The molecule has 3 rings (SSSR count). The van der Waals surface area contributed by atoms with Gasteiger partial charge in [0.2, 0.25) is 0 Å². The molecule has 3 N–H and O–H groups in total. The van der Waals surface area contributed by atoms with Gasteiger partial charge in [0, 0.05) is 49.8 Å². The Morgan fingerprint density at radius 2 is 1.64 bits per heavy atom. The van der Waals surface area contributed by atoms with E-state index in [-0.39, 0.29) is 11.6 Å². The molecule has 1 aliphatic carbocycles. The van der Waals surface area contributed by atoms with E-state index in [9.17, 15) is 4.79 Å². The number of nitrogens with one attached hydrogen (secondary N) is 1. The molecule has 2 unspecified atom stereocenters. The van der Waals surface area contributed by atoms with Gasteiger partial charge in [-0.05, 0) is 66.2 Å². The summed E-state index contributed by atoms with van der Waals surface area (Å²) < 4.78 is 5.54. The summed E-state index contributed by atoms with van der Waals surface area (Å²) in [5, 5.41) is 3.87. The zero-order valence-electron chi connectivity index (χ0n) is 18.5. The first kappa shape index (κ1) is 21.8. The molecule has 0 bridgehead atoms. The first-order valence-corrected chi connectivity index (χ1v) is 11.4. The third kappa shape index (κ3) is 5.61. The van der Waals surface area contributed by atoms with Crippen LogP contribution in [0.3, 0.4) is 0 Å². The fraction of sp³-hybridized carbons (Fsp3) is 0.955. The van der Waals surface area contributed by atoms with Crippen molar-refractivity contribution in [3.05, 3.63) is 0 Å². The maximum atomic E-state index is 12.3. The second-order valence-electron chi connectivity index (χ2n) is 10.4. The zero-order chi connectivity index (χ0) is 20.4. The lowest BCUT2D eigenvalue weighted by atomic mass is 9.85. The van der Waals surface area contributed by atoms with Crippen LogP contribution in [0, 0.1) is 0 Å². The lowest BCUT2D eigenvalue weighted by molar-refractivity contribution is -0.00912. The van der Waals surface area contributed by atoms with Crippen LogP contribution in [0.4, 0.5) is 4.79 Å². The minimum atomic E-state index is -0.423. The van der Waals surface area contributed by atoms with Gasteiger partial charge < -0.3 is 20.7 Å². The SMILES string of the molecule is CC(C)(C)OC(=O)N1CCC(C)(N2CCC(NC3CCCCC3N)CC2)CC1. The summed E-state index contributed by atoms with van der Waals surface area (Å²) in [5.74, 6) is 0. The first-order chi connectivity index (χ1) is 13.2. The van der Waals surface area contributed by atoms with Crippen LogP contribution < -0.4 is 11.1 Å². The predicted octanol–water partition coefficient (Wildman–Crippen LogP) is 3.10. The van der Waals surface area contributed by atoms with Gasteiger partial charge in [0.15, 0.2) is 0 Å². The van der Waals surface area contributed by atoms with Crippen molar-refractivity contribution in [1.29, 1.82) is 0 Å². The highest BCUT2D eigenvalue weighted by atomic mass is 16.6. The normalized spacial score (nSPS) is 30.2. The number of nitrogens with two attached hydrogens (primary N) is 1. The average molecular weight is 395 g/mol. The van der Waals surface area contributed by atoms with Gasteiger partial charge in [0.05, 0.1) is 0 Å². The van der Waals surface area contributed by atoms with E-state index in [1.807, 2.05) is 25.7 Å². The highest BCUT2D eigenvalue weighted by Gasteiger charge is 2.39. The monoisotopic (exact) mass is 394 g/mol. The molecule has 6 heteroatoms. The third-order valence-corrected chi connectivity index (χ3v) is 7.02. The van der Waals surface area contributed by atoms with Crippen LogP contribution in [0.25, 0.3) is 0 Å². The number of hydrogen-bond acceptors (Lipinski definition) is 5. The molecule has 1 amide bonds. The van der Waals surface area contributed by atoms with Crippen molar-refractivity contribution in [2.45, 2.75) is 108 Å². The fourth-order valence-corrected chi connectivity index (χ4v) is 5.07. The summed E-state index contributed by atoms with van der Waals surface area (Å²) in [7, 11) is 0. The Hall–Kier alpha value is -0.850. The van der Waals surface area contributed by atoms with Crippen LogP contribution in [0.15, 0.2) is 0 Å². The Bertz CT molecular complexity index is 517. The number of ether oxygens (including phenoxy) is 1. The first-order valence-electron chi connectivity index (χ1n) is 11.4. The summed E-state index contributed by atoms with van der Waals surface area (Å²) in [6.45, 7) is 12.0. The van der Waals surface area contributed by atoms with Crippen molar-refractivity contribution < 1.29 is 9.53 Å². The predicted molar refractivity (Wildman–Crippen MR) is 113 cm³/mol. The molecular formula is C22H42N4O2. The van der Waals surface area contributed by atoms with Gasteiger partial charge >= 0.3 is 6.09 Å². The largest absolute Gasteiger partial charge is 0.444 e. The van der Waals surface area contributed by atoms with Crippen molar-refractivity contribution in [3.63, 3.8) is 0 Å². The Labute approximate surface area is 171 Å². The fourth-order valence-electron chi connectivity index (χ4n) is 5.07. The number of hydrogen-bond donors (Lipinski definition) is 2. The van der Waals surface area contributed by atoms with E-state index >= 15 is 0 Å².